The number of carbonyl (C=O) groups excluding carboxylic acids is 2. The standard InChI is InChI=1S/C56H89ClFN7O12/c1-2-25-68-31-35-73-39-41-76-43-44-77-42-40-74-36-32-70-27-7-3-6-26-69-29-23-61-19-21-62(22-20-61)24-30-72-34-38-75-37-33-71-28-11-54(66)63-17-12-56(13-18-63)49-10-15-59-46-52(49)65(55(56)67)47-53-60-50-45-48(57)8-9-51(50)64(53)16-5-4-14-58/h8-10,15,45-46H,2-7,11-14,16-44,47H2,1H3. The molecular formula is C56H89ClFN7O12. The molecule has 6 rings (SSSR count). The number of hydrogen-bond acceptors (Lipinski definition) is 16. The molecule has 0 atom stereocenters. The number of likely N-dealkylation sites (tertiary alicyclic amines) is 1. The number of amides is 2. The van der Waals surface area contributed by atoms with E-state index in [1.807, 2.05) is 29.2 Å². The van der Waals surface area contributed by atoms with Crippen LogP contribution in [0.3, 0.4) is 0 Å². The first-order chi connectivity index (χ1) is 37.9. The van der Waals surface area contributed by atoms with Crippen LogP contribution in [-0.2, 0) is 75.5 Å². The summed E-state index contributed by atoms with van der Waals surface area (Å²) in [6, 6.07) is 7.49. The van der Waals surface area contributed by atoms with Crippen molar-refractivity contribution in [1.29, 1.82) is 0 Å². The van der Waals surface area contributed by atoms with E-state index in [1.165, 1.54) is 0 Å². The Balaban J connectivity index is 0.689. The second-order valence-electron chi connectivity index (χ2n) is 19.6. The monoisotopic (exact) mass is 1110 g/mol. The summed E-state index contributed by atoms with van der Waals surface area (Å²) in [7, 11) is 0. The molecule has 3 aromatic rings. The van der Waals surface area contributed by atoms with Gasteiger partial charge in [0.2, 0.25) is 11.8 Å². The van der Waals surface area contributed by atoms with Crippen molar-refractivity contribution in [2.75, 3.05) is 196 Å². The molecule has 0 aliphatic carbocycles. The molecule has 3 aliphatic rings. The number of ether oxygens (including phenoxy) is 10. The third-order valence-corrected chi connectivity index (χ3v) is 14.4. The average molecular weight is 1110 g/mol. The van der Waals surface area contributed by atoms with E-state index >= 15 is 0 Å². The lowest BCUT2D eigenvalue weighted by atomic mass is 9.74. The second kappa shape index (κ2) is 37.5. The number of imidazole rings is 1. The number of unbranched alkanes of at least 4 members (excludes halogenated alkanes) is 3. The lowest BCUT2D eigenvalue weighted by Gasteiger charge is -2.38. The van der Waals surface area contributed by atoms with Crippen LogP contribution < -0.4 is 4.90 Å². The maximum atomic E-state index is 14.5. The third-order valence-electron chi connectivity index (χ3n) is 14.1. The predicted octanol–water partition coefficient (Wildman–Crippen LogP) is 6.00. The molecule has 5 heterocycles. The molecular weight excluding hydrogens is 1020 g/mol. The van der Waals surface area contributed by atoms with Gasteiger partial charge in [0.25, 0.3) is 0 Å². The maximum absolute atomic E-state index is 14.5. The van der Waals surface area contributed by atoms with Crippen LogP contribution in [0.5, 0.6) is 0 Å². The van der Waals surface area contributed by atoms with Gasteiger partial charge in [-0.25, -0.2) is 4.98 Å². The number of benzene rings is 1. The van der Waals surface area contributed by atoms with Gasteiger partial charge in [0.1, 0.15) is 5.82 Å². The summed E-state index contributed by atoms with van der Waals surface area (Å²) < 4.78 is 71.4. The van der Waals surface area contributed by atoms with Gasteiger partial charge in [-0.3, -0.25) is 28.8 Å². The van der Waals surface area contributed by atoms with E-state index < -0.39 is 5.41 Å². The largest absolute Gasteiger partial charge is 0.380 e. The molecule has 19 nitrogen and oxygen atoms in total. The van der Waals surface area contributed by atoms with Crippen LogP contribution in [0.4, 0.5) is 10.1 Å². The molecule has 0 radical (unpaired) electrons. The van der Waals surface area contributed by atoms with Crippen molar-refractivity contribution in [3.05, 3.63) is 53.1 Å². The normalized spacial score (nSPS) is 16.0. The molecule has 2 amide bonds. The number of halogens is 2. The molecule has 0 N–H and O–H groups in total. The second-order valence-corrected chi connectivity index (χ2v) is 20.0. The van der Waals surface area contributed by atoms with Crippen LogP contribution in [0, 0.1) is 0 Å². The Bertz CT molecular complexity index is 2080. The molecule has 1 aromatic carbocycles. The number of carbonyl (C=O) groups is 2. The van der Waals surface area contributed by atoms with E-state index in [0.717, 1.165) is 114 Å². The Morgan fingerprint density at radius 1 is 0.610 bits per heavy atom. The van der Waals surface area contributed by atoms with Crippen molar-refractivity contribution in [1.82, 2.24) is 29.2 Å². The van der Waals surface area contributed by atoms with Crippen LogP contribution in [0.15, 0.2) is 36.7 Å². The zero-order chi connectivity index (χ0) is 54.0. The van der Waals surface area contributed by atoms with Gasteiger partial charge in [-0.15, -0.1) is 0 Å². The van der Waals surface area contributed by atoms with E-state index in [-0.39, 0.29) is 31.5 Å². The minimum Gasteiger partial charge on any atom is -0.380 e. The number of nitrogens with zero attached hydrogens (tertiary/aromatic N) is 7. The van der Waals surface area contributed by atoms with Crippen molar-refractivity contribution < 1.29 is 61.3 Å². The minimum absolute atomic E-state index is 0.00609. The SMILES string of the molecule is CCCOCCOCCOCCOCCOCCOCCCCCOCCN1CCN(CCOCCOCCOCCC(=O)N2CCC3(CC2)C(=O)N(Cc2nc4cc(Cl)ccc4n2CCCCF)c2cnccc23)CC1. The molecule has 77 heavy (non-hydrogen) atoms. The van der Waals surface area contributed by atoms with Gasteiger partial charge in [-0.05, 0) is 81.2 Å². The highest BCUT2D eigenvalue weighted by Gasteiger charge is 2.52. The number of alkyl halides is 1. The number of anilines is 1. The van der Waals surface area contributed by atoms with Gasteiger partial charge in [0.15, 0.2) is 0 Å². The van der Waals surface area contributed by atoms with E-state index in [4.69, 9.17) is 64.0 Å². The number of rotatable bonds is 44. The van der Waals surface area contributed by atoms with Crippen LogP contribution >= 0.6 is 11.6 Å². The lowest BCUT2D eigenvalue weighted by molar-refractivity contribution is -0.136. The van der Waals surface area contributed by atoms with Crippen LogP contribution in [-0.4, -0.2) is 232 Å². The fourth-order valence-corrected chi connectivity index (χ4v) is 9.98. The number of piperidine rings is 1. The van der Waals surface area contributed by atoms with E-state index in [9.17, 15) is 14.0 Å². The molecule has 0 saturated carbocycles. The lowest BCUT2D eigenvalue weighted by Crippen LogP contribution is -2.50. The Morgan fingerprint density at radius 2 is 1.13 bits per heavy atom. The number of fused-ring (bicyclic) bond motifs is 3. The first kappa shape index (κ1) is 62.7. The molecule has 1 spiro atoms. The molecule has 0 bridgehead atoms. The van der Waals surface area contributed by atoms with Crippen molar-refractivity contribution in [2.24, 2.45) is 0 Å². The van der Waals surface area contributed by atoms with Crippen molar-refractivity contribution in [3.8, 4) is 0 Å². The summed E-state index contributed by atoms with van der Waals surface area (Å²) >= 11 is 6.31. The predicted molar refractivity (Wildman–Crippen MR) is 293 cm³/mol. The van der Waals surface area contributed by atoms with Crippen molar-refractivity contribution >= 4 is 40.1 Å². The summed E-state index contributed by atoms with van der Waals surface area (Å²) in [6.07, 6.45) is 10.0. The van der Waals surface area contributed by atoms with Gasteiger partial charge >= 0.3 is 0 Å². The zero-order valence-electron chi connectivity index (χ0n) is 46.0. The first-order valence-corrected chi connectivity index (χ1v) is 28.8. The van der Waals surface area contributed by atoms with Crippen LogP contribution in [0.25, 0.3) is 11.0 Å². The average Bonchev–Trinajstić information content (AvgIpc) is 4.03. The van der Waals surface area contributed by atoms with Gasteiger partial charge in [-0.1, -0.05) is 18.5 Å². The van der Waals surface area contributed by atoms with Crippen molar-refractivity contribution in [2.45, 2.75) is 83.2 Å². The van der Waals surface area contributed by atoms with Crippen LogP contribution in [0.1, 0.15) is 76.1 Å². The topological polar surface area (TPSA) is 170 Å². The number of aromatic nitrogens is 3. The Labute approximate surface area is 461 Å². The molecule has 2 saturated heterocycles. The third kappa shape index (κ3) is 21.8. The highest BCUT2D eigenvalue weighted by Crippen LogP contribution is 2.48. The summed E-state index contributed by atoms with van der Waals surface area (Å²) in [5, 5.41) is 0.577. The summed E-state index contributed by atoms with van der Waals surface area (Å²) in [5.74, 6) is 0.719. The highest BCUT2D eigenvalue weighted by molar-refractivity contribution is 6.31. The number of hydrogen-bond donors (Lipinski definition) is 0. The molecule has 2 fully saturated rings. The Morgan fingerprint density at radius 3 is 1.69 bits per heavy atom. The zero-order valence-corrected chi connectivity index (χ0v) is 46.8. The molecule has 0 unspecified atom stereocenters. The van der Waals surface area contributed by atoms with Crippen LogP contribution in [0.2, 0.25) is 5.02 Å². The molecule has 434 valence electrons. The number of aryl methyl sites for hydroxylation is 1. The van der Waals surface area contributed by atoms with Gasteiger partial charge in [0.05, 0.1) is 160 Å². The summed E-state index contributed by atoms with van der Waals surface area (Å²) in [4.78, 5) is 45.5. The maximum Gasteiger partial charge on any atom is 0.238 e. The number of piperazine rings is 1. The van der Waals surface area contributed by atoms with E-state index in [2.05, 4.69) is 26.3 Å². The molecule has 3 aliphatic heterocycles. The smallest absolute Gasteiger partial charge is 0.238 e. The molecule has 21 heteroatoms. The first-order valence-electron chi connectivity index (χ1n) is 28.4. The van der Waals surface area contributed by atoms with Gasteiger partial charge in [0, 0.05) is 89.9 Å². The van der Waals surface area contributed by atoms with E-state index in [1.54, 1.807) is 17.3 Å². The summed E-state index contributed by atoms with van der Waals surface area (Å²) in [6.45, 7) is 21.0. The van der Waals surface area contributed by atoms with Gasteiger partial charge in [-0.2, -0.15) is 0 Å². The Hall–Kier alpha value is -3.48. The molecule has 2 aromatic heterocycles. The number of pyridine rings is 1. The fourth-order valence-electron chi connectivity index (χ4n) is 9.81. The fraction of sp³-hybridized carbons (Fsp3) is 0.750. The van der Waals surface area contributed by atoms with Crippen molar-refractivity contribution in [3.63, 3.8) is 0 Å². The summed E-state index contributed by atoms with van der Waals surface area (Å²) in [5.41, 5.74) is 2.59. The van der Waals surface area contributed by atoms with E-state index in [0.29, 0.717) is 162 Å². The quantitative estimate of drug-likeness (QED) is 0.0605. The highest BCUT2D eigenvalue weighted by atomic mass is 35.5. The van der Waals surface area contributed by atoms with Gasteiger partial charge < -0.3 is 61.7 Å². The minimum atomic E-state index is -0.749. The Kier molecular flexibility index (Phi) is 30.5.